The Morgan fingerprint density at radius 2 is 1.31 bits per heavy atom. The van der Waals surface area contributed by atoms with Crippen molar-refractivity contribution in [3.63, 3.8) is 0 Å². The normalized spacial score (nSPS) is 19.5. The molecular weight excluding hydrogens is 324 g/mol. The average Bonchev–Trinajstić information content (AvgIpc) is 2.93. The molecule has 1 saturated heterocycles. The van der Waals surface area contributed by atoms with Crippen LogP contribution in [0.15, 0.2) is 0 Å². The van der Waals surface area contributed by atoms with E-state index in [4.69, 9.17) is 14.2 Å². The van der Waals surface area contributed by atoms with Crippen LogP contribution in [0.1, 0.15) is 111 Å². The van der Waals surface area contributed by atoms with E-state index in [-0.39, 0.29) is 6.10 Å². The van der Waals surface area contributed by atoms with Crippen LogP contribution in [0.2, 0.25) is 0 Å². The fourth-order valence-corrected chi connectivity index (χ4v) is 3.58. The van der Waals surface area contributed by atoms with Crippen LogP contribution >= 0.6 is 0 Å². The predicted octanol–water partition coefficient (Wildman–Crippen LogP) is 6.88. The highest BCUT2D eigenvalue weighted by atomic mass is 16.7. The topological polar surface area (TPSA) is 27.7 Å². The third kappa shape index (κ3) is 14.0. The van der Waals surface area contributed by atoms with E-state index < -0.39 is 5.79 Å². The fourth-order valence-electron chi connectivity index (χ4n) is 3.58. The first-order valence-electron chi connectivity index (χ1n) is 11.4. The van der Waals surface area contributed by atoms with Gasteiger partial charge >= 0.3 is 0 Å². The molecule has 1 unspecified atom stereocenters. The van der Waals surface area contributed by atoms with Crippen molar-refractivity contribution in [2.75, 3.05) is 19.8 Å². The van der Waals surface area contributed by atoms with Gasteiger partial charge < -0.3 is 14.2 Å². The molecule has 0 aliphatic carbocycles. The summed E-state index contributed by atoms with van der Waals surface area (Å²) in [6.45, 7) is 10.8. The third-order valence-corrected chi connectivity index (χ3v) is 5.19. The summed E-state index contributed by atoms with van der Waals surface area (Å²) >= 11 is 0. The van der Waals surface area contributed by atoms with Gasteiger partial charge in [-0.25, -0.2) is 0 Å². The predicted molar refractivity (Wildman–Crippen MR) is 111 cm³/mol. The first kappa shape index (κ1) is 23.9. The summed E-state index contributed by atoms with van der Waals surface area (Å²) < 4.78 is 17.0. The molecule has 0 amide bonds. The Morgan fingerprint density at radius 3 is 1.77 bits per heavy atom. The smallest absolute Gasteiger partial charge is 0.163 e. The Balaban J connectivity index is 1.70. The quantitative estimate of drug-likeness (QED) is 0.261. The van der Waals surface area contributed by atoms with Crippen LogP contribution in [0.5, 0.6) is 0 Å². The first-order chi connectivity index (χ1) is 12.5. The van der Waals surface area contributed by atoms with E-state index in [9.17, 15) is 0 Å². The standard InChI is InChI=1S/C23H46O3/c1-21(2)17-15-13-11-9-7-5-6-8-10-12-14-16-18-24-19-22-20-25-23(3,4)26-22/h21-22H,5-20H2,1-4H3. The van der Waals surface area contributed by atoms with Crippen LogP contribution in [0.25, 0.3) is 0 Å². The van der Waals surface area contributed by atoms with Gasteiger partial charge in [0.25, 0.3) is 0 Å². The number of hydrogen-bond acceptors (Lipinski definition) is 3. The molecule has 1 heterocycles. The van der Waals surface area contributed by atoms with Crippen LogP contribution in [0, 0.1) is 5.92 Å². The van der Waals surface area contributed by atoms with Gasteiger partial charge in [0, 0.05) is 6.61 Å². The monoisotopic (exact) mass is 370 g/mol. The van der Waals surface area contributed by atoms with Gasteiger partial charge in [-0.05, 0) is 26.2 Å². The number of rotatable bonds is 17. The molecule has 0 N–H and O–H groups in total. The van der Waals surface area contributed by atoms with Gasteiger partial charge in [-0.3, -0.25) is 0 Å². The molecule has 1 rings (SSSR count). The third-order valence-electron chi connectivity index (χ3n) is 5.19. The van der Waals surface area contributed by atoms with Crippen LogP contribution in [0.3, 0.4) is 0 Å². The summed E-state index contributed by atoms with van der Waals surface area (Å²) in [6.07, 6.45) is 18.2. The lowest BCUT2D eigenvalue weighted by atomic mass is 10.0. The minimum Gasteiger partial charge on any atom is -0.379 e. The lowest BCUT2D eigenvalue weighted by Gasteiger charge is -2.17. The largest absolute Gasteiger partial charge is 0.379 e. The number of unbranched alkanes of at least 4 members (excludes halogenated alkanes) is 11. The summed E-state index contributed by atoms with van der Waals surface area (Å²) in [5.74, 6) is 0.451. The van der Waals surface area contributed by atoms with Crippen LogP contribution in [-0.4, -0.2) is 31.7 Å². The second kappa shape index (κ2) is 14.9. The molecule has 3 nitrogen and oxygen atoms in total. The summed E-state index contributed by atoms with van der Waals surface area (Å²) in [7, 11) is 0. The molecule has 1 atom stereocenters. The van der Waals surface area contributed by atoms with Gasteiger partial charge in [-0.1, -0.05) is 90.9 Å². The van der Waals surface area contributed by atoms with Crippen molar-refractivity contribution in [1.29, 1.82) is 0 Å². The van der Waals surface area contributed by atoms with E-state index in [1.807, 2.05) is 13.8 Å². The maximum atomic E-state index is 5.73. The Kier molecular flexibility index (Phi) is 13.7. The van der Waals surface area contributed by atoms with Gasteiger partial charge in [-0.15, -0.1) is 0 Å². The molecule has 1 aliphatic rings. The minimum atomic E-state index is -0.429. The number of ether oxygens (including phenoxy) is 3. The van der Waals surface area contributed by atoms with Crippen molar-refractivity contribution >= 4 is 0 Å². The minimum absolute atomic E-state index is 0.111. The molecule has 0 spiro atoms. The Labute approximate surface area is 163 Å². The van der Waals surface area contributed by atoms with Crippen molar-refractivity contribution in [3.8, 4) is 0 Å². The van der Waals surface area contributed by atoms with E-state index >= 15 is 0 Å². The van der Waals surface area contributed by atoms with Gasteiger partial charge in [0.15, 0.2) is 5.79 Å². The van der Waals surface area contributed by atoms with Gasteiger partial charge in [-0.2, -0.15) is 0 Å². The Hall–Kier alpha value is -0.120. The molecule has 156 valence electrons. The van der Waals surface area contributed by atoms with Crippen LogP contribution in [-0.2, 0) is 14.2 Å². The highest BCUT2D eigenvalue weighted by Crippen LogP contribution is 2.22. The molecule has 26 heavy (non-hydrogen) atoms. The molecule has 0 aromatic carbocycles. The molecule has 3 heteroatoms. The van der Waals surface area contributed by atoms with Gasteiger partial charge in [0.05, 0.1) is 13.2 Å². The van der Waals surface area contributed by atoms with E-state index in [1.165, 1.54) is 83.5 Å². The zero-order chi connectivity index (χ0) is 19.1. The lowest BCUT2D eigenvalue weighted by molar-refractivity contribution is -0.145. The first-order valence-corrected chi connectivity index (χ1v) is 11.4. The maximum absolute atomic E-state index is 5.73. The molecule has 0 aromatic rings. The highest BCUT2D eigenvalue weighted by molar-refractivity contribution is 4.70. The van der Waals surface area contributed by atoms with Gasteiger partial charge in [0.1, 0.15) is 6.10 Å². The van der Waals surface area contributed by atoms with Crippen molar-refractivity contribution in [1.82, 2.24) is 0 Å². The summed E-state index contributed by atoms with van der Waals surface area (Å²) in [5.41, 5.74) is 0. The van der Waals surface area contributed by atoms with Crippen molar-refractivity contribution in [2.24, 2.45) is 5.92 Å². The SMILES string of the molecule is CC(C)CCCCCCCCCCCCCCOCC1COC(C)(C)O1. The van der Waals surface area contributed by atoms with E-state index in [1.54, 1.807) is 0 Å². The van der Waals surface area contributed by atoms with Crippen molar-refractivity contribution in [2.45, 2.75) is 123 Å². The second-order valence-corrected chi connectivity index (χ2v) is 8.95. The molecule has 0 radical (unpaired) electrons. The molecule has 0 bridgehead atoms. The van der Waals surface area contributed by atoms with E-state index in [0.717, 1.165) is 12.5 Å². The van der Waals surface area contributed by atoms with Gasteiger partial charge in [0.2, 0.25) is 0 Å². The summed E-state index contributed by atoms with van der Waals surface area (Å²) in [6, 6.07) is 0. The fraction of sp³-hybridized carbons (Fsp3) is 1.00. The zero-order valence-electron chi connectivity index (χ0n) is 18.2. The zero-order valence-corrected chi connectivity index (χ0v) is 18.2. The van der Waals surface area contributed by atoms with E-state index in [2.05, 4.69) is 13.8 Å². The Morgan fingerprint density at radius 1 is 0.808 bits per heavy atom. The van der Waals surface area contributed by atoms with Crippen molar-refractivity contribution < 1.29 is 14.2 Å². The van der Waals surface area contributed by atoms with E-state index in [0.29, 0.717) is 13.2 Å². The maximum Gasteiger partial charge on any atom is 0.163 e. The number of hydrogen-bond donors (Lipinski definition) is 0. The van der Waals surface area contributed by atoms with Crippen molar-refractivity contribution in [3.05, 3.63) is 0 Å². The molecule has 1 aliphatic heterocycles. The summed E-state index contributed by atoms with van der Waals surface area (Å²) in [5, 5.41) is 0. The highest BCUT2D eigenvalue weighted by Gasteiger charge is 2.32. The molecular formula is C23H46O3. The summed E-state index contributed by atoms with van der Waals surface area (Å²) in [4.78, 5) is 0. The van der Waals surface area contributed by atoms with Crippen LogP contribution < -0.4 is 0 Å². The second-order valence-electron chi connectivity index (χ2n) is 8.95. The Bertz CT molecular complexity index is 315. The van der Waals surface area contributed by atoms with Crippen LogP contribution in [0.4, 0.5) is 0 Å². The molecule has 0 saturated carbocycles. The molecule has 0 aromatic heterocycles. The lowest BCUT2D eigenvalue weighted by Crippen LogP contribution is -2.24. The average molecular weight is 371 g/mol. The molecule has 1 fully saturated rings.